The highest BCUT2D eigenvalue weighted by Crippen LogP contribution is 2.43. The van der Waals surface area contributed by atoms with E-state index < -0.39 is 45.8 Å². The molecule has 3 N–H and O–H groups in total. The van der Waals surface area contributed by atoms with E-state index >= 15 is 0 Å². The van der Waals surface area contributed by atoms with Crippen molar-refractivity contribution in [2.24, 2.45) is 0 Å². The van der Waals surface area contributed by atoms with Crippen LogP contribution in [0.3, 0.4) is 0 Å². The molecule has 0 aromatic rings. The molecular formula is C47H83O9P. The van der Waals surface area contributed by atoms with Crippen LogP contribution in [0, 0.1) is 0 Å². The van der Waals surface area contributed by atoms with Crippen LogP contribution >= 0.6 is 7.82 Å². The number of rotatable bonds is 42. The van der Waals surface area contributed by atoms with Crippen molar-refractivity contribution in [2.75, 3.05) is 33.0 Å². The van der Waals surface area contributed by atoms with Crippen molar-refractivity contribution in [1.82, 2.24) is 0 Å². The molecule has 0 saturated heterocycles. The number of hydrogen-bond donors (Lipinski definition) is 3. The normalized spacial score (nSPS) is 14.7. The molecule has 0 aliphatic heterocycles. The Bertz CT molecular complexity index is 1110. The van der Waals surface area contributed by atoms with E-state index in [2.05, 4.69) is 86.8 Å². The average Bonchev–Trinajstić information content (AvgIpc) is 3.20. The smallest absolute Gasteiger partial charge is 0.457 e. The van der Waals surface area contributed by atoms with Crippen molar-refractivity contribution in [3.63, 3.8) is 0 Å². The van der Waals surface area contributed by atoms with Gasteiger partial charge in [0.15, 0.2) is 0 Å². The summed E-state index contributed by atoms with van der Waals surface area (Å²) < 4.78 is 33.4. The van der Waals surface area contributed by atoms with Gasteiger partial charge in [-0.1, -0.05) is 157 Å². The molecule has 0 radical (unpaired) electrons. The van der Waals surface area contributed by atoms with E-state index in [1.54, 1.807) is 0 Å². The van der Waals surface area contributed by atoms with Crippen LogP contribution in [0.25, 0.3) is 0 Å². The van der Waals surface area contributed by atoms with E-state index in [-0.39, 0.29) is 13.0 Å². The van der Waals surface area contributed by atoms with Crippen LogP contribution in [-0.2, 0) is 27.9 Å². The maximum absolute atomic E-state index is 12.6. The lowest BCUT2D eigenvalue weighted by molar-refractivity contribution is -0.154. The Kier molecular flexibility index (Phi) is 41.9. The van der Waals surface area contributed by atoms with Gasteiger partial charge in [-0.2, -0.15) is 0 Å². The van der Waals surface area contributed by atoms with Crippen LogP contribution in [-0.4, -0.2) is 66.3 Å². The summed E-state index contributed by atoms with van der Waals surface area (Å²) in [6.45, 7) is 3.35. The molecule has 0 aromatic heterocycles. The third kappa shape index (κ3) is 43.3. The first-order chi connectivity index (χ1) is 27.8. The van der Waals surface area contributed by atoms with Gasteiger partial charge in [-0.05, 0) is 83.5 Å². The highest BCUT2D eigenvalue weighted by atomic mass is 31.2. The number of phosphoric acid groups is 1. The van der Waals surface area contributed by atoms with Crippen LogP contribution in [0.15, 0.2) is 72.9 Å². The summed E-state index contributed by atoms with van der Waals surface area (Å²) in [7, 11) is -4.53. The maximum atomic E-state index is 12.6. The molecule has 0 saturated carbocycles. The number of ether oxygens (including phenoxy) is 2. The van der Waals surface area contributed by atoms with Gasteiger partial charge in [-0.3, -0.25) is 13.8 Å². The minimum atomic E-state index is -4.53. The molecule has 0 bridgehead atoms. The minimum absolute atomic E-state index is 0.0335. The summed E-state index contributed by atoms with van der Waals surface area (Å²) >= 11 is 0. The fourth-order valence-electron chi connectivity index (χ4n) is 5.73. The van der Waals surface area contributed by atoms with Gasteiger partial charge in [0.1, 0.15) is 12.2 Å². The van der Waals surface area contributed by atoms with Crippen LogP contribution < -0.4 is 0 Å². The predicted molar refractivity (Wildman–Crippen MR) is 237 cm³/mol. The molecule has 3 atom stereocenters. The van der Waals surface area contributed by atoms with Crippen LogP contribution in [0.2, 0.25) is 0 Å². The topological polar surface area (TPSA) is 132 Å². The van der Waals surface area contributed by atoms with Crippen molar-refractivity contribution in [2.45, 2.75) is 187 Å². The lowest BCUT2D eigenvalue weighted by Gasteiger charge is -2.20. The molecule has 57 heavy (non-hydrogen) atoms. The third-order valence-corrected chi connectivity index (χ3v) is 10.1. The minimum Gasteiger partial charge on any atom is -0.457 e. The second-order valence-electron chi connectivity index (χ2n) is 14.7. The SMILES string of the molecule is CC/C=C\C/C=C\C/C=C\C/C=C\C/C=C\CCCCCCCC(=O)OC(COCCCCCCCC/C=C\CCCCCCC)COP(=O)(O)OCC(O)CO. The summed E-state index contributed by atoms with van der Waals surface area (Å²) in [5.74, 6) is -0.405. The summed E-state index contributed by atoms with van der Waals surface area (Å²) in [5.41, 5.74) is 0. The second kappa shape index (κ2) is 43.5. The number of aliphatic hydroxyl groups excluding tert-OH is 2. The Labute approximate surface area is 348 Å². The van der Waals surface area contributed by atoms with E-state index in [0.717, 1.165) is 89.9 Å². The van der Waals surface area contributed by atoms with Crippen molar-refractivity contribution >= 4 is 13.8 Å². The maximum Gasteiger partial charge on any atom is 0.472 e. The van der Waals surface area contributed by atoms with Gasteiger partial charge in [0, 0.05) is 13.0 Å². The molecule has 0 aliphatic rings. The van der Waals surface area contributed by atoms with Crippen molar-refractivity contribution in [3.8, 4) is 0 Å². The first-order valence-electron chi connectivity index (χ1n) is 22.4. The van der Waals surface area contributed by atoms with Crippen LogP contribution in [0.4, 0.5) is 0 Å². The van der Waals surface area contributed by atoms with E-state index in [9.17, 15) is 19.4 Å². The van der Waals surface area contributed by atoms with Gasteiger partial charge in [0.25, 0.3) is 0 Å². The highest BCUT2D eigenvalue weighted by molar-refractivity contribution is 7.47. The Morgan fingerprint density at radius 1 is 0.561 bits per heavy atom. The largest absolute Gasteiger partial charge is 0.472 e. The van der Waals surface area contributed by atoms with Crippen molar-refractivity contribution in [3.05, 3.63) is 72.9 Å². The number of phosphoric ester groups is 1. The number of carbonyl (C=O) groups is 1. The van der Waals surface area contributed by atoms with Gasteiger partial charge in [-0.25, -0.2) is 4.57 Å². The number of carbonyl (C=O) groups excluding carboxylic acids is 1. The molecule has 0 aromatic carbocycles. The zero-order valence-electron chi connectivity index (χ0n) is 36.0. The number of hydrogen-bond acceptors (Lipinski definition) is 8. The van der Waals surface area contributed by atoms with Gasteiger partial charge in [-0.15, -0.1) is 0 Å². The number of allylic oxidation sites excluding steroid dienone is 12. The summed E-state index contributed by atoms with van der Waals surface area (Å²) in [5, 5.41) is 18.4. The average molecular weight is 823 g/mol. The number of aliphatic hydroxyl groups is 2. The fraction of sp³-hybridized carbons (Fsp3) is 0.723. The monoisotopic (exact) mass is 823 g/mol. The van der Waals surface area contributed by atoms with Crippen LogP contribution in [0.1, 0.15) is 174 Å². The molecule has 0 aliphatic carbocycles. The lowest BCUT2D eigenvalue weighted by Crippen LogP contribution is -2.29. The third-order valence-electron chi connectivity index (χ3n) is 9.13. The number of unbranched alkanes of at least 4 members (excludes halogenated alkanes) is 16. The van der Waals surface area contributed by atoms with Gasteiger partial charge >= 0.3 is 13.8 Å². The molecule has 0 amide bonds. The van der Waals surface area contributed by atoms with Gasteiger partial charge in [0.05, 0.1) is 26.4 Å². The van der Waals surface area contributed by atoms with Crippen LogP contribution in [0.5, 0.6) is 0 Å². The van der Waals surface area contributed by atoms with E-state index in [4.69, 9.17) is 23.6 Å². The molecule has 10 heteroatoms. The molecule has 3 unspecified atom stereocenters. The Balaban J connectivity index is 4.22. The Morgan fingerprint density at radius 2 is 1.00 bits per heavy atom. The highest BCUT2D eigenvalue weighted by Gasteiger charge is 2.26. The lowest BCUT2D eigenvalue weighted by atomic mass is 10.1. The zero-order valence-corrected chi connectivity index (χ0v) is 36.9. The molecule has 0 fully saturated rings. The quantitative estimate of drug-likeness (QED) is 0.0238. The van der Waals surface area contributed by atoms with Gasteiger partial charge in [0.2, 0.25) is 0 Å². The molecular weight excluding hydrogens is 739 g/mol. The molecule has 9 nitrogen and oxygen atoms in total. The predicted octanol–water partition coefficient (Wildman–Crippen LogP) is 12.5. The number of esters is 1. The summed E-state index contributed by atoms with van der Waals surface area (Å²) in [4.78, 5) is 22.6. The summed E-state index contributed by atoms with van der Waals surface area (Å²) in [6, 6.07) is 0. The standard InChI is InChI=1S/C47H83O9P/c1-3-5-7-9-11-13-15-17-19-20-21-22-23-24-25-27-29-31-33-35-37-39-47(50)56-46(44-55-57(51,52)54-42-45(49)41-48)43-53-40-38-36-34-32-30-28-26-18-16-14-12-10-8-6-4-2/h5,7,11,13,16-19,21-22,24-25,45-46,48-49H,3-4,6,8-10,12,14-15,20,23,26-44H2,1-2H3,(H,51,52)/b7-5-,13-11-,18-16-,19-17-,22-21-,25-24-. The fourth-order valence-corrected chi connectivity index (χ4v) is 6.52. The van der Waals surface area contributed by atoms with Gasteiger partial charge < -0.3 is 24.6 Å². The Morgan fingerprint density at radius 3 is 1.53 bits per heavy atom. The summed E-state index contributed by atoms with van der Waals surface area (Å²) in [6.07, 6.45) is 51.4. The van der Waals surface area contributed by atoms with Crippen molar-refractivity contribution in [1.29, 1.82) is 0 Å². The molecule has 330 valence electrons. The van der Waals surface area contributed by atoms with Crippen molar-refractivity contribution < 1.29 is 43.0 Å². The first-order valence-corrected chi connectivity index (χ1v) is 23.9. The zero-order chi connectivity index (χ0) is 41.8. The van der Waals surface area contributed by atoms with E-state index in [1.807, 2.05) is 0 Å². The first kappa shape index (κ1) is 54.9. The van der Waals surface area contributed by atoms with E-state index in [1.165, 1.54) is 57.8 Å². The molecule has 0 rings (SSSR count). The molecule has 0 spiro atoms. The Hall–Kier alpha value is -2.10. The van der Waals surface area contributed by atoms with E-state index in [0.29, 0.717) is 13.0 Å². The molecule has 0 heterocycles. The second-order valence-corrected chi connectivity index (χ2v) is 16.1.